The third-order valence-electron chi connectivity index (χ3n) is 4.70. The second kappa shape index (κ2) is 9.23. The Balaban J connectivity index is 1.45. The van der Waals surface area contributed by atoms with Crippen LogP contribution in [0.4, 0.5) is 11.5 Å². The fourth-order valence-electron chi connectivity index (χ4n) is 3.09. The van der Waals surface area contributed by atoms with Crippen molar-refractivity contribution in [3.63, 3.8) is 0 Å². The van der Waals surface area contributed by atoms with Crippen LogP contribution < -0.4 is 15.0 Å². The Bertz CT molecular complexity index is 1040. The smallest absolute Gasteiger partial charge is 0.263 e. The molecule has 0 atom stereocenters. The Morgan fingerprint density at radius 2 is 1.83 bits per heavy atom. The fourth-order valence-corrected chi connectivity index (χ4v) is 3.34. The third-order valence-corrected chi connectivity index (χ3v) is 5.59. The van der Waals surface area contributed by atoms with E-state index in [-0.39, 0.29) is 5.91 Å². The van der Waals surface area contributed by atoms with Gasteiger partial charge >= 0.3 is 0 Å². The first-order valence-corrected chi connectivity index (χ1v) is 10.4. The molecule has 2 heterocycles. The molecule has 1 amide bonds. The molecule has 0 unspecified atom stereocenters. The molecule has 0 spiro atoms. The van der Waals surface area contributed by atoms with Crippen LogP contribution in [-0.2, 0) is 4.74 Å². The molecule has 0 bridgehead atoms. The number of carbonyl (C=O) groups excluding carboxylic acids is 1. The highest BCUT2D eigenvalue weighted by molar-refractivity contribution is 9.10. The zero-order valence-electron chi connectivity index (χ0n) is 16.5. The maximum absolute atomic E-state index is 12.5. The average molecular weight is 469 g/mol. The molecule has 0 saturated carbocycles. The van der Waals surface area contributed by atoms with E-state index in [9.17, 15) is 4.79 Å². The van der Waals surface area contributed by atoms with E-state index in [1.807, 2.05) is 25.1 Å². The second-order valence-corrected chi connectivity index (χ2v) is 7.68. The highest BCUT2D eigenvalue weighted by atomic mass is 79.9. The van der Waals surface area contributed by atoms with Gasteiger partial charge in [0.15, 0.2) is 5.82 Å². The van der Waals surface area contributed by atoms with Gasteiger partial charge in [-0.1, -0.05) is 15.9 Å². The summed E-state index contributed by atoms with van der Waals surface area (Å²) in [6.07, 6.45) is 3.25. The van der Waals surface area contributed by atoms with E-state index >= 15 is 0 Å². The van der Waals surface area contributed by atoms with Crippen LogP contribution in [-0.4, -0.2) is 42.2 Å². The predicted molar refractivity (Wildman–Crippen MR) is 118 cm³/mol. The average Bonchev–Trinajstić information content (AvgIpc) is 2.78. The Hall–Kier alpha value is -2.97. The molecule has 1 aliphatic heterocycles. The number of aromatic nitrogens is 2. The van der Waals surface area contributed by atoms with E-state index in [0.717, 1.165) is 28.8 Å². The molecule has 1 N–H and O–H groups in total. The van der Waals surface area contributed by atoms with Gasteiger partial charge in [0, 0.05) is 41.2 Å². The molecule has 30 heavy (non-hydrogen) atoms. The van der Waals surface area contributed by atoms with Gasteiger partial charge < -0.3 is 19.7 Å². The first kappa shape index (κ1) is 20.3. The van der Waals surface area contributed by atoms with Gasteiger partial charge in [-0.05, 0) is 55.0 Å². The summed E-state index contributed by atoms with van der Waals surface area (Å²) in [6.45, 7) is 4.76. The van der Waals surface area contributed by atoms with E-state index in [2.05, 4.69) is 36.1 Å². The van der Waals surface area contributed by atoms with Crippen LogP contribution >= 0.6 is 15.9 Å². The lowest BCUT2D eigenvalue weighted by Crippen LogP contribution is -2.37. The first-order chi connectivity index (χ1) is 14.6. The van der Waals surface area contributed by atoms with Crippen LogP contribution in [0.25, 0.3) is 0 Å². The number of amides is 1. The number of rotatable bonds is 5. The lowest BCUT2D eigenvalue weighted by atomic mass is 10.2. The Morgan fingerprint density at radius 1 is 1.10 bits per heavy atom. The molecule has 7 nitrogen and oxygen atoms in total. The topological polar surface area (TPSA) is 76.6 Å². The summed E-state index contributed by atoms with van der Waals surface area (Å²) in [7, 11) is 0. The van der Waals surface area contributed by atoms with E-state index < -0.39 is 0 Å². The first-order valence-electron chi connectivity index (χ1n) is 9.59. The maximum Gasteiger partial charge on any atom is 0.263 e. The molecule has 0 radical (unpaired) electrons. The Kier molecular flexibility index (Phi) is 6.25. The second-order valence-electron chi connectivity index (χ2n) is 6.83. The minimum absolute atomic E-state index is 0.184. The van der Waals surface area contributed by atoms with Crippen molar-refractivity contribution < 1.29 is 14.3 Å². The summed E-state index contributed by atoms with van der Waals surface area (Å²) in [5, 5.41) is 2.91. The van der Waals surface area contributed by atoms with E-state index in [0.29, 0.717) is 36.2 Å². The maximum atomic E-state index is 12.5. The number of nitrogens with zero attached hydrogens (tertiary/aromatic N) is 3. The number of ether oxygens (including phenoxy) is 2. The number of morpholine rings is 1. The van der Waals surface area contributed by atoms with Crippen molar-refractivity contribution in [2.75, 3.05) is 36.5 Å². The van der Waals surface area contributed by atoms with Crippen LogP contribution in [0.5, 0.6) is 11.6 Å². The normalized spacial score (nSPS) is 13.7. The molecule has 3 aromatic rings. The van der Waals surface area contributed by atoms with Crippen molar-refractivity contribution in [1.82, 2.24) is 9.97 Å². The number of carbonyl (C=O) groups is 1. The molecule has 1 aromatic heterocycles. The molecule has 1 aliphatic rings. The lowest BCUT2D eigenvalue weighted by molar-refractivity contribution is 0.102. The van der Waals surface area contributed by atoms with Crippen molar-refractivity contribution in [3.8, 4) is 11.6 Å². The van der Waals surface area contributed by atoms with Gasteiger partial charge in [-0.15, -0.1) is 0 Å². The van der Waals surface area contributed by atoms with Gasteiger partial charge in [0.1, 0.15) is 5.75 Å². The van der Waals surface area contributed by atoms with Gasteiger partial charge in [0.2, 0.25) is 0 Å². The molecule has 2 aromatic carbocycles. The van der Waals surface area contributed by atoms with Crippen LogP contribution in [0, 0.1) is 6.92 Å². The Labute approximate surface area is 183 Å². The number of nitrogens with one attached hydrogen (secondary N) is 1. The SMILES string of the molecule is Cc1cc(NC(=O)c2ccc(Oc3nccnc3N3CCOCC3)cc2)ccc1Br. The molecule has 0 aliphatic carbocycles. The Morgan fingerprint density at radius 3 is 2.57 bits per heavy atom. The summed E-state index contributed by atoms with van der Waals surface area (Å²) >= 11 is 3.46. The summed E-state index contributed by atoms with van der Waals surface area (Å²) in [4.78, 5) is 23.4. The molecule has 154 valence electrons. The minimum Gasteiger partial charge on any atom is -0.436 e. The van der Waals surface area contributed by atoms with Crippen molar-refractivity contribution in [3.05, 3.63) is 70.5 Å². The molecular weight excluding hydrogens is 448 g/mol. The monoisotopic (exact) mass is 468 g/mol. The number of benzene rings is 2. The number of anilines is 2. The third kappa shape index (κ3) is 4.77. The molecule has 4 rings (SSSR count). The van der Waals surface area contributed by atoms with Crippen LogP contribution in [0.2, 0.25) is 0 Å². The number of hydrogen-bond acceptors (Lipinski definition) is 6. The standard InChI is InChI=1S/C22H21BrN4O3/c1-15-14-17(4-7-19(15)23)26-21(28)16-2-5-18(6-3-16)30-22-20(24-8-9-25-22)27-10-12-29-13-11-27/h2-9,14H,10-13H2,1H3,(H,26,28). The number of aryl methyl sites for hydroxylation is 1. The molecule has 1 saturated heterocycles. The van der Waals surface area contributed by atoms with E-state index in [1.54, 1.807) is 36.7 Å². The molecular formula is C22H21BrN4O3. The summed E-state index contributed by atoms with van der Waals surface area (Å²) in [5.41, 5.74) is 2.34. The van der Waals surface area contributed by atoms with Gasteiger partial charge in [0.05, 0.1) is 13.2 Å². The van der Waals surface area contributed by atoms with Crippen molar-refractivity contribution in [1.29, 1.82) is 0 Å². The van der Waals surface area contributed by atoms with E-state index in [1.165, 1.54) is 0 Å². The number of hydrogen-bond donors (Lipinski definition) is 1. The highest BCUT2D eigenvalue weighted by Gasteiger charge is 2.18. The van der Waals surface area contributed by atoms with E-state index in [4.69, 9.17) is 9.47 Å². The van der Waals surface area contributed by atoms with Crippen molar-refractivity contribution >= 4 is 33.3 Å². The van der Waals surface area contributed by atoms with Crippen molar-refractivity contribution in [2.45, 2.75) is 6.92 Å². The van der Waals surface area contributed by atoms with Crippen LogP contribution in [0.3, 0.4) is 0 Å². The summed E-state index contributed by atoms with van der Waals surface area (Å²) in [5.74, 6) is 1.52. The zero-order chi connectivity index (χ0) is 20.9. The van der Waals surface area contributed by atoms with Gasteiger partial charge in [-0.2, -0.15) is 0 Å². The van der Waals surface area contributed by atoms with Crippen LogP contribution in [0.15, 0.2) is 59.3 Å². The van der Waals surface area contributed by atoms with Crippen LogP contribution in [0.1, 0.15) is 15.9 Å². The molecule has 1 fully saturated rings. The summed E-state index contributed by atoms with van der Waals surface area (Å²) in [6, 6.07) is 12.6. The lowest BCUT2D eigenvalue weighted by Gasteiger charge is -2.28. The molecule has 8 heteroatoms. The fraction of sp³-hybridized carbons (Fsp3) is 0.227. The predicted octanol–water partition coefficient (Wildman–Crippen LogP) is 4.43. The largest absolute Gasteiger partial charge is 0.436 e. The zero-order valence-corrected chi connectivity index (χ0v) is 18.1. The number of halogens is 1. The quantitative estimate of drug-likeness (QED) is 0.596. The minimum atomic E-state index is -0.184. The van der Waals surface area contributed by atoms with Gasteiger partial charge in [0.25, 0.3) is 11.8 Å². The van der Waals surface area contributed by atoms with Gasteiger partial charge in [-0.25, -0.2) is 9.97 Å². The highest BCUT2D eigenvalue weighted by Crippen LogP contribution is 2.28. The summed E-state index contributed by atoms with van der Waals surface area (Å²) < 4.78 is 12.4. The van der Waals surface area contributed by atoms with Gasteiger partial charge in [-0.3, -0.25) is 4.79 Å². The van der Waals surface area contributed by atoms with Crippen molar-refractivity contribution in [2.24, 2.45) is 0 Å².